The van der Waals surface area contributed by atoms with Crippen LogP contribution in [0.25, 0.3) is 0 Å². The summed E-state index contributed by atoms with van der Waals surface area (Å²) in [6.07, 6.45) is 0. The summed E-state index contributed by atoms with van der Waals surface area (Å²) in [7, 11) is 0. The fourth-order valence-electron chi connectivity index (χ4n) is 4.29. The van der Waals surface area contributed by atoms with Gasteiger partial charge in [-0.1, -0.05) is 0 Å². The Balaban J connectivity index is 1.85. The Kier molecular flexibility index (Phi) is 20.1. The number of benzene rings is 3. The molecule has 0 radical (unpaired) electrons. The van der Waals surface area contributed by atoms with E-state index in [9.17, 15) is 0 Å². The van der Waals surface area contributed by atoms with Crippen molar-refractivity contribution in [3.63, 3.8) is 0 Å². The van der Waals surface area contributed by atoms with Crippen LogP contribution in [0, 0.1) is 0 Å². The van der Waals surface area contributed by atoms with Crippen molar-refractivity contribution in [2.24, 2.45) is 0 Å². The second-order valence-corrected chi connectivity index (χ2v) is 13.7. The first-order valence-electron chi connectivity index (χ1n) is 16.2. The Hall–Kier alpha value is -2.66. The van der Waals surface area contributed by atoms with Crippen LogP contribution in [0.4, 0.5) is 0 Å². The van der Waals surface area contributed by atoms with Crippen molar-refractivity contribution in [3.05, 3.63) is 72.8 Å². The maximum absolute atomic E-state index is 6.36. The minimum atomic E-state index is -2.01. The van der Waals surface area contributed by atoms with E-state index in [-0.39, 0.29) is 0 Å². The molecule has 9 nitrogen and oxygen atoms in total. The molecule has 254 valence electrons. The molecular weight excluding hydrogens is 655 g/mol. The molecule has 0 N–H and O–H groups in total. The van der Waals surface area contributed by atoms with Gasteiger partial charge in [-0.2, -0.15) is 0 Å². The average Bonchev–Trinajstić information content (AvgIpc) is 3.09. The molecule has 0 heterocycles. The third-order valence-electron chi connectivity index (χ3n) is 6.39. The Morgan fingerprint density at radius 2 is 0.609 bits per heavy atom. The normalized spacial score (nSPS) is 11.2. The van der Waals surface area contributed by atoms with Crippen LogP contribution in [0.1, 0.15) is 20.8 Å². The summed E-state index contributed by atoms with van der Waals surface area (Å²) >= 11 is -2.01. The summed E-state index contributed by atoms with van der Waals surface area (Å²) in [5.74, 6) is 2.47. The van der Waals surface area contributed by atoms with Crippen molar-refractivity contribution in [1.82, 2.24) is 0 Å². The predicted octanol–water partition coefficient (Wildman–Crippen LogP) is 3.50. The van der Waals surface area contributed by atoms with Gasteiger partial charge in [0.2, 0.25) is 0 Å². The van der Waals surface area contributed by atoms with Crippen LogP contribution in [0.3, 0.4) is 0 Å². The van der Waals surface area contributed by atoms with Gasteiger partial charge >= 0.3 is 280 Å². The molecule has 3 aromatic rings. The SMILES string of the molecule is CCOCCOCCOc1ccccc1[Se+](c1ccccc1OCCOCCOCC)c1ccccc1OCCOCCOCC. The molecule has 0 aliphatic rings. The van der Waals surface area contributed by atoms with E-state index < -0.39 is 13.9 Å². The van der Waals surface area contributed by atoms with Crippen molar-refractivity contribution in [1.29, 1.82) is 0 Å². The van der Waals surface area contributed by atoms with Gasteiger partial charge in [0.15, 0.2) is 0 Å². The first-order chi connectivity index (χ1) is 22.8. The summed E-state index contributed by atoms with van der Waals surface area (Å²) in [6, 6.07) is 24.7. The summed E-state index contributed by atoms with van der Waals surface area (Å²) in [6.45, 7) is 14.0. The molecule has 3 rings (SSSR count). The van der Waals surface area contributed by atoms with Crippen LogP contribution in [0.5, 0.6) is 17.2 Å². The van der Waals surface area contributed by atoms with E-state index in [1.54, 1.807) is 0 Å². The molecule has 0 spiro atoms. The van der Waals surface area contributed by atoms with E-state index in [2.05, 4.69) is 36.4 Å². The van der Waals surface area contributed by atoms with Gasteiger partial charge in [0.25, 0.3) is 0 Å². The monoisotopic (exact) mass is 707 g/mol. The van der Waals surface area contributed by atoms with Crippen LogP contribution in [-0.4, -0.2) is 113 Å². The van der Waals surface area contributed by atoms with Crippen LogP contribution in [-0.2, 0) is 28.4 Å². The average molecular weight is 707 g/mol. The summed E-state index contributed by atoms with van der Waals surface area (Å²) < 4.78 is 55.7. The van der Waals surface area contributed by atoms with Crippen LogP contribution in [0.15, 0.2) is 72.8 Å². The zero-order chi connectivity index (χ0) is 32.5. The molecule has 0 aliphatic carbocycles. The Labute approximate surface area is 279 Å². The van der Waals surface area contributed by atoms with Crippen molar-refractivity contribution in [2.45, 2.75) is 20.8 Å². The molecule has 46 heavy (non-hydrogen) atoms. The minimum absolute atomic E-state index is 0.427. The molecule has 10 heteroatoms. The number of hydrogen-bond donors (Lipinski definition) is 0. The first-order valence-corrected chi connectivity index (χ1v) is 18.7. The van der Waals surface area contributed by atoms with E-state index in [1.807, 2.05) is 57.2 Å². The van der Waals surface area contributed by atoms with Gasteiger partial charge < -0.3 is 0 Å². The molecular formula is C36H51O9Se+. The van der Waals surface area contributed by atoms with Crippen LogP contribution in [0.2, 0.25) is 0 Å². The molecule has 0 aliphatic heterocycles. The molecule has 0 bridgehead atoms. The summed E-state index contributed by atoms with van der Waals surface area (Å²) in [5.41, 5.74) is 0. The van der Waals surface area contributed by atoms with Crippen molar-refractivity contribution >= 4 is 27.3 Å². The standard InChI is InChI=1S/C36H51O9Se/c1-4-37-19-22-40-25-28-43-31-13-7-10-16-34(31)46(35-17-11-8-14-32(35)44-29-26-41-23-20-38-5-2)36-18-12-9-15-33(36)45-30-27-42-24-21-39-6-3/h7-18H,4-6,19-30H2,1-3H3/q+1. The Bertz CT molecular complexity index is 1050. The maximum atomic E-state index is 6.36. The van der Waals surface area contributed by atoms with E-state index in [4.69, 9.17) is 42.6 Å². The number of rotatable bonds is 27. The van der Waals surface area contributed by atoms with Crippen LogP contribution >= 0.6 is 0 Å². The summed E-state index contributed by atoms with van der Waals surface area (Å²) in [4.78, 5) is 0. The number of hydrogen-bond acceptors (Lipinski definition) is 9. The second-order valence-electron chi connectivity index (χ2n) is 9.62. The molecule has 3 aromatic carbocycles. The molecule has 0 atom stereocenters. The Morgan fingerprint density at radius 3 is 0.913 bits per heavy atom. The van der Waals surface area contributed by atoms with E-state index >= 15 is 0 Å². The Morgan fingerprint density at radius 1 is 0.348 bits per heavy atom. The van der Waals surface area contributed by atoms with Gasteiger partial charge in [-0.15, -0.1) is 0 Å². The fraction of sp³-hybridized carbons (Fsp3) is 0.500. The molecule has 0 saturated heterocycles. The first kappa shape index (κ1) is 37.8. The topological polar surface area (TPSA) is 83.1 Å². The molecule has 0 amide bonds. The molecule has 0 fully saturated rings. The van der Waals surface area contributed by atoms with Gasteiger partial charge in [-0.3, -0.25) is 0 Å². The zero-order valence-electron chi connectivity index (χ0n) is 27.6. The molecule has 0 unspecified atom stereocenters. The van der Waals surface area contributed by atoms with Gasteiger partial charge in [-0.05, 0) is 0 Å². The quantitative estimate of drug-likeness (QED) is 0.0875. The second kappa shape index (κ2) is 24.5. The van der Waals surface area contributed by atoms with Crippen molar-refractivity contribution in [2.75, 3.05) is 99.1 Å². The number of ether oxygens (including phenoxy) is 9. The van der Waals surface area contributed by atoms with Crippen molar-refractivity contribution in [3.8, 4) is 17.2 Å². The van der Waals surface area contributed by atoms with Gasteiger partial charge in [0.1, 0.15) is 0 Å². The molecule has 0 saturated carbocycles. The third kappa shape index (κ3) is 14.0. The third-order valence-corrected chi connectivity index (χ3v) is 11.3. The van der Waals surface area contributed by atoms with Crippen LogP contribution < -0.4 is 27.6 Å². The fourth-order valence-corrected chi connectivity index (χ4v) is 9.20. The zero-order valence-corrected chi connectivity index (χ0v) is 29.3. The summed E-state index contributed by atoms with van der Waals surface area (Å²) in [5, 5.41) is 0. The van der Waals surface area contributed by atoms with Crippen molar-refractivity contribution < 1.29 is 42.6 Å². The van der Waals surface area contributed by atoms with Gasteiger partial charge in [0.05, 0.1) is 0 Å². The van der Waals surface area contributed by atoms with E-state index in [0.29, 0.717) is 99.1 Å². The van der Waals surface area contributed by atoms with Gasteiger partial charge in [-0.25, -0.2) is 0 Å². The van der Waals surface area contributed by atoms with E-state index in [0.717, 1.165) is 30.6 Å². The molecule has 0 aromatic heterocycles. The van der Waals surface area contributed by atoms with E-state index in [1.165, 1.54) is 0 Å². The predicted molar refractivity (Wildman–Crippen MR) is 182 cm³/mol. The van der Waals surface area contributed by atoms with Gasteiger partial charge in [0, 0.05) is 0 Å². The number of para-hydroxylation sites is 3.